The van der Waals surface area contributed by atoms with Gasteiger partial charge in [-0.05, 0) is 12.0 Å². The molecule has 2 saturated heterocycles. The number of thiocarbonyl (C=S) groups is 1. The minimum absolute atomic E-state index is 0.369. The predicted octanol–water partition coefficient (Wildman–Crippen LogP) is 1.24. The molecule has 2 aliphatic heterocycles. The summed E-state index contributed by atoms with van der Waals surface area (Å²) in [6.45, 7) is 1.97. The van der Waals surface area contributed by atoms with Gasteiger partial charge in [0, 0.05) is 19.1 Å². The van der Waals surface area contributed by atoms with Crippen molar-refractivity contribution in [2.75, 3.05) is 13.1 Å². The van der Waals surface area contributed by atoms with E-state index in [1.807, 2.05) is 0 Å². The summed E-state index contributed by atoms with van der Waals surface area (Å²) in [5, 5.41) is 5.55. The average Bonchev–Trinajstić information content (AvgIpc) is 2.76. The third-order valence-corrected chi connectivity index (χ3v) is 3.73. The number of hydrazine groups is 1. The van der Waals surface area contributed by atoms with Gasteiger partial charge in [-0.15, -0.1) is 0 Å². The van der Waals surface area contributed by atoms with Crippen molar-refractivity contribution >= 4 is 17.2 Å². The molecule has 0 saturated carbocycles. The summed E-state index contributed by atoms with van der Waals surface area (Å²) in [6, 6.07) is 11.4. The summed E-state index contributed by atoms with van der Waals surface area (Å²) in [7, 11) is 0. The van der Waals surface area contributed by atoms with Crippen LogP contribution in [0.2, 0.25) is 0 Å². The third-order valence-electron chi connectivity index (χ3n) is 3.31. The molecule has 0 spiro atoms. The highest BCUT2D eigenvalue weighted by atomic mass is 32.1. The maximum Gasteiger partial charge on any atom is 0.0943 e. The molecular formula is C12H15N3S. The maximum atomic E-state index is 5.35. The Balaban J connectivity index is 1.79. The van der Waals surface area contributed by atoms with Gasteiger partial charge < -0.3 is 5.32 Å². The lowest BCUT2D eigenvalue weighted by Gasteiger charge is -2.30. The van der Waals surface area contributed by atoms with E-state index < -0.39 is 0 Å². The van der Waals surface area contributed by atoms with Gasteiger partial charge in [-0.3, -0.25) is 0 Å². The number of hydrogen-bond donors (Lipinski definition) is 2. The Morgan fingerprint density at radius 2 is 2.06 bits per heavy atom. The van der Waals surface area contributed by atoms with Crippen LogP contribution in [0.3, 0.4) is 0 Å². The number of nitrogens with zero attached hydrogens (tertiary/aromatic N) is 1. The third kappa shape index (κ3) is 1.73. The molecule has 0 amide bonds. The molecule has 2 N–H and O–H groups in total. The van der Waals surface area contributed by atoms with E-state index in [-0.39, 0.29) is 0 Å². The second-order valence-electron chi connectivity index (χ2n) is 4.33. The lowest BCUT2D eigenvalue weighted by atomic mass is 10.0. The maximum absolute atomic E-state index is 5.35. The van der Waals surface area contributed by atoms with Crippen LogP contribution in [0.15, 0.2) is 30.3 Å². The van der Waals surface area contributed by atoms with E-state index >= 15 is 0 Å². The number of nitrogens with one attached hydrogen (secondary N) is 2. The van der Waals surface area contributed by atoms with Crippen molar-refractivity contribution in [3.05, 3.63) is 35.9 Å². The number of piperazine rings is 1. The number of rotatable bonds is 1. The molecule has 4 heteroatoms. The highest BCUT2D eigenvalue weighted by molar-refractivity contribution is 7.80. The first kappa shape index (κ1) is 10.2. The SMILES string of the molecule is S=C1NCCN2NC(c3ccccc3)CC12. The van der Waals surface area contributed by atoms with Crippen LogP contribution < -0.4 is 10.7 Å². The first-order valence-corrected chi connectivity index (χ1v) is 6.11. The Morgan fingerprint density at radius 3 is 2.81 bits per heavy atom. The van der Waals surface area contributed by atoms with Crippen molar-refractivity contribution in [2.45, 2.75) is 18.5 Å². The van der Waals surface area contributed by atoms with Crippen molar-refractivity contribution in [2.24, 2.45) is 0 Å². The lowest BCUT2D eigenvalue weighted by molar-refractivity contribution is 0.201. The van der Waals surface area contributed by atoms with Gasteiger partial charge in [-0.1, -0.05) is 42.5 Å². The predicted molar refractivity (Wildman–Crippen MR) is 68.0 cm³/mol. The van der Waals surface area contributed by atoms with Crippen LogP contribution in [-0.4, -0.2) is 29.1 Å². The zero-order chi connectivity index (χ0) is 11.0. The Hall–Kier alpha value is -0.970. The molecule has 3 nitrogen and oxygen atoms in total. The highest BCUT2D eigenvalue weighted by Gasteiger charge is 2.36. The molecule has 2 aliphatic rings. The second kappa shape index (κ2) is 4.13. The molecule has 2 heterocycles. The van der Waals surface area contributed by atoms with Crippen LogP contribution >= 0.6 is 12.2 Å². The van der Waals surface area contributed by atoms with Crippen molar-refractivity contribution in [1.29, 1.82) is 0 Å². The van der Waals surface area contributed by atoms with Crippen molar-refractivity contribution < 1.29 is 0 Å². The van der Waals surface area contributed by atoms with Gasteiger partial charge in [0.25, 0.3) is 0 Å². The van der Waals surface area contributed by atoms with E-state index in [0.29, 0.717) is 12.1 Å². The van der Waals surface area contributed by atoms with E-state index in [9.17, 15) is 0 Å². The Bertz CT molecular complexity index is 393. The molecule has 0 aliphatic carbocycles. The van der Waals surface area contributed by atoms with Crippen LogP contribution in [0, 0.1) is 0 Å². The molecule has 0 aromatic heterocycles. The summed E-state index contributed by atoms with van der Waals surface area (Å²) in [5.41, 5.74) is 4.89. The fourth-order valence-electron chi connectivity index (χ4n) is 2.48. The van der Waals surface area contributed by atoms with Crippen LogP contribution in [0.1, 0.15) is 18.0 Å². The summed E-state index contributed by atoms with van der Waals surface area (Å²) in [5.74, 6) is 0. The normalized spacial score (nSPS) is 29.9. The summed E-state index contributed by atoms with van der Waals surface area (Å²) < 4.78 is 0. The standard InChI is InChI=1S/C12H15N3S/c16-12-11-8-10(9-4-2-1-3-5-9)14-15(11)7-6-13-12/h1-5,10-11,14H,6-8H2,(H,13,16). The fraction of sp³-hybridized carbons (Fsp3) is 0.417. The van der Waals surface area contributed by atoms with Crippen LogP contribution in [0.4, 0.5) is 0 Å². The van der Waals surface area contributed by atoms with Gasteiger partial charge in [0.05, 0.1) is 11.0 Å². The minimum atomic E-state index is 0.369. The molecule has 1 aromatic carbocycles. The fourth-order valence-corrected chi connectivity index (χ4v) is 2.80. The molecule has 3 rings (SSSR count). The smallest absolute Gasteiger partial charge is 0.0943 e. The number of hydrogen-bond acceptors (Lipinski definition) is 3. The first-order valence-electron chi connectivity index (χ1n) is 5.70. The van der Waals surface area contributed by atoms with Gasteiger partial charge >= 0.3 is 0 Å². The zero-order valence-corrected chi connectivity index (χ0v) is 9.83. The summed E-state index contributed by atoms with van der Waals surface area (Å²) in [6.07, 6.45) is 1.07. The minimum Gasteiger partial charge on any atom is -0.377 e. The molecule has 16 heavy (non-hydrogen) atoms. The first-order chi connectivity index (χ1) is 7.84. The molecule has 0 radical (unpaired) electrons. The highest BCUT2D eigenvalue weighted by Crippen LogP contribution is 2.28. The molecule has 2 atom stereocenters. The Kier molecular flexibility index (Phi) is 2.63. The van der Waals surface area contributed by atoms with Crippen LogP contribution in [-0.2, 0) is 0 Å². The van der Waals surface area contributed by atoms with Crippen molar-refractivity contribution in [3.63, 3.8) is 0 Å². The molecular weight excluding hydrogens is 218 g/mol. The molecule has 0 bridgehead atoms. The molecule has 84 valence electrons. The van der Waals surface area contributed by atoms with Crippen LogP contribution in [0.5, 0.6) is 0 Å². The number of fused-ring (bicyclic) bond motifs is 1. The van der Waals surface area contributed by atoms with Gasteiger partial charge in [0.2, 0.25) is 0 Å². The Morgan fingerprint density at radius 1 is 1.25 bits per heavy atom. The summed E-state index contributed by atoms with van der Waals surface area (Å²) >= 11 is 5.35. The van der Waals surface area contributed by atoms with Gasteiger partial charge in [0.15, 0.2) is 0 Å². The van der Waals surface area contributed by atoms with Crippen LogP contribution in [0.25, 0.3) is 0 Å². The van der Waals surface area contributed by atoms with Gasteiger partial charge in [0.1, 0.15) is 0 Å². The van der Waals surface area contributed by atoms with E-state index in [2.05, 4.69) is 46.1 Å². The molecule has 1 aromatic rings. The summed E-state index contributed by atoms with van der Waals surface area (Å²) in [4.78, 5) is 0.984. The topological polar surface area (TPSA) is 27.3 Å². The van der Waals surface area contributed by atoms with Crippen molar-refractivity contribution in [3.8, 4) is 0 Å². The Labute approximate surface area is 101 Å². The lowest BCUT2D eigenvalue weighted by Crippen LogP contribution is -2.54. The zero-order valence-electron chi connectivity index (χ0n) is 9.02. The van der Waals surface area contributed by atoms with E-state index in [1.54, 1.807) is 0 Å². The second-order valence-corrected chi connectivity index (χ2v) is 4.77. The van der Waals surface area contributed by atoms with E-state index in [4.69, 9.17) is 12.2 Å². The monoisotopic (exact) mass is 233 g/mol. The largest absolute Gasteiger partial charge is 0.377 e. The number of benzene rings is 1. The molecule has 2 unspecified atom stereocenters. The van der Waals surface area contributed by atoms with E-state index in [0.717, 1.165) is 24.5 Å². The van der Waals surface area contributed by atoms with E-state index in [1.165, 1.54) is 5.56 Å². The quantitative estimate of drug-likeness (QED) is 0.714. The van der Waals surface area contributed by atoms with Crippen molar-refractivity contribution in [1.82, 2.24) is 15.8 Å². The van der Waals surface area contributed by atoms with Gasteiger partial charge in [-0.25, -0.2) is 10.4 Å². The van der Waals surface area contributed by atoms with Gasteiger partial charge in [-0.2, -0.15) is 0 Å². The molecule has 2 fully saturated rings. The average molecular weight is 233 g/mol.